The second-order valence-electron chi connectivity index (χ2n) is 6.95. The van der Waals surface area contributed by atoms with Crippen molar-refractivity contribution in [3.63, 3.8) is 0 Å². The first-order chi connectivity index (χ1) is 14.3. The molecule has 1 aromatic heterocycles. The van der Waals surface area contributed by atoms with E-state index in [0.717, 1.165) is 0 Å². The third kappa shape index (κ3) is 3.07. The lowest BCUT2D eigenvalue weighted by atomic mass is 9.98. The maximum absolute atomic E-state index is 13.4. The van der Waals surface area contributed by atoms with Gasteiger partial charge in [0, 0.05) is 11.6 Å². The van der Waals surface area contributed by atoms with Crippen molar-refractivity contribution in [2.45, 2.75) is 13.0 Å². The van der Waals surface area contributed by atoms with E-state index in [1.54, 1.807) is 25.1 Å². The summed E-state index contributed by atoms with van der Waals surface area (Å²) < 4.78 is 11.4. The average Bonchev–Trinajstić information content (AvgIpc) is 2.98. The van der Waals surface area contributed by atoms with Crippen LogP contribution in [0.25, 0.3) is 11.0 Å². The minimum Gasteiger partial charge on any atom is -0.503 e. The van der Waals surface area contributed by atoms with Crippen molar-refractivity contribution in [1.29, 1.82) is 0 Å². The van der Waals surface area contributed by atoms with Gasteiger partial charge in [0.05, 0.1) is 35.2 Å². The van der Waals surface area contributed by atoms with Crippen molar-refractivity contribution in [3.8, 4) is 11.5 Å². The number of methoxy groups -OCH3 is 1. The number of aryl methyl sites for hydroxylation is 1. The highest BCUT2D eigenvalue weighted by Crippen LogP contribution is 2.43. The van der Waals surface area contributed by atoms with E-state index in [-0.39, 0.29) is 52.4 Å². The predicted octanol–water partition coefficient (Wildman–Crippen LogP) is 3.77. The molecule has 2 N–H and O–H groups in total. The Balaban J connectivity index is 2.04. The fraction of sp³-hybridized carbons (Fsp3) is 0.238. The van der Waals surface area contributed by atoms with Gasteiger partial charge in [0.2, 0.25) is 5.76 Å². The number of ether oxygens (including phenoxy) is 1. The van der Waals surface area contributed by atoms with Crippen molar-refractivity contribution in [1.82, 2.24) is 4.90 Å². The number of β-amino-alcohol motifs (C(OH)–C–C–N with tert-alkyl or cyclic N) is 1. The minimum atomic E-state index is -0.828. The van der Waals surface area contributed by atoms with Crippen LogP contribution in [0, 0.1) is 6.92 Å². The van der Waals surface area contributed by atoms with Gasteiger partial charge in [-0.1, -0.05) is 11.6 Å². The summed E-state index contributed by atoms with van der Waals surface area (Å²) in [5.41, 5.74) is 1.27. The van der Waals surface area contributed by atoms with E-state index in [0.29, 0.717) is 20.6 Å². The zero-order valence-corrected chi connectivity index (χ0v) is 18.4. The average molecular weight is 495 g/mol. The molecule has 0 saturated carbocycles. The summed E-state index contributed by atoms with van der Waals surface area (Å²) >= 11 is 9.48. The quantitative estimate of drug-likeness (QED) is 0.573. The Kier molecular flexibility index (Phi) is 5.25. The second-order valence-corrected chi connectivity index (χ2v) is 8.21. The van der Waals surface area contributed by atoms with Crippen LogP contribution < -0.4 is 10.2 Å². The van der Waals surface area contributed by atoms with E-state index >= 15 is 0 Å². The maximum atomic E-state index is 13.4. The Hall–Kier alpha value is -2.55. The first-order valence-corrected chi connectivity index (χ1v) is 10.2. The Bertz CT molecular complexity index is 1250. The molecule has 1 aliphatic heterocycles. The van der Waals surface area contributed by atoms with Crippen LogP contribution in [0.1, 0.15) is 33.3 Å². The molecule has 0 fully saturated rings. The number of phenols is 1. The zero-order chi connectivity index (χ0) is 21.7. The van der Waals surface area contributed by atoms with Crippen LogP contribution in [0.15, 0.2) is 37.9 Å². The lowest BCUT2D eigenvalue weighted by Gasteiger charge is -2.25. The summed E-state index contributed by atoms with van der Waals surface area (Å²) in [4.78, 5) is 27.9. The summed E-state index contributed by atoms with van der Waals surface area (Å²) in [5, 5.41) is 20.3. The van der Waals surface area contributed by atoms with E-state index in [4.69, 9.17) is 20.8 Å². The number of amides is 1. The highest BCUT2D eigenvalue weighted by atomic mass is 79.9. The Morgan fingerprint density at radius 1 is 1.27 bits per heavy atom. The van der Waals surface area contributed by atoms with Gasteiger partial charge in [-0.3, -0.25) is 9.59 Å². The van der Waals surface area contributed by atoms with Crippen LogP contribution in [0.4, 0.5) is 0 Å². The molecule has 1 amide bonds. The van der Waals surface area contributed by atoms with Crippen LogP contribution in [-0.4, -0.2) is 41.3 Å². The van der Waals surface area contributed by atoms with Crippen molar-refractivity contribution < 1.29 is 24.2 Å². The van der Waals surface area contributed by atoms with Gasteiger partial charge >= 0.3 is 0 Å². The summed E-state index contributed by atoms with van der Waals surface area (Å²) in [5.74, 6) is -0.505. The van der Waals surface area contributed by atoms with Gasteiger partial charge in [0.15, 0.2) is 16.9 Å². The number of rotatable bonds is 4. The van der Waals surface area contributed by atoms with Gasteiger partial charge in [0.1, 0.15) is 5.58 Å². The van der Waals surface area contributed by atoms with Crippen LogP contribution in [0.2, 0.25) is 5.02 Å². The van der Waals surface area contributed by atoms with Crippen molar-refractivity contribution in [2.75, 3.05) is 20.3 Å². The monoisotopic (exact) mass is 493 g/mol. The number of carbonyl (C=O) groups is 1. The molecule has 0 saturated heterocycles. The molecule has 156 valence electrons. The number of fused-ring (bicyclic) bond motifs is 2. The number of aliphatic hydroxyl groups is 1. The molecule has 0 radical (unpaired) electrons. The number of phenolic OH excluding ortho intramolecular Hbond substituents is 1. The fourth-order valence-corrected chi connectivity index (χ4v) is 4.36. The van der Waals surface area contributed by atoms with Gasteiger partial charge in [0.25, 0.3) is 5.91 Å². The van der Waals surface area contributed by atoms with Crippen molar-refractivity contribution in [2.24, 2.45) is 0 Å². The Labute approximate surface area is 184 Å². The molecular weight excluding hydrogens is 478 g/mol. The summed E-state index contributed by atoms with van der Waals surface area (Å²) in [6, 6.07) is 5.47. The van der Waals surface area contributed by atoms with Gasteiger partial charge in [-0.15, -0.1) is 0 Å². The Morgan fingerprint density at radius 2 is 2.00 bits per heavy atom. The van der Waals surface area contributed by atoms with Gasteiger partial charge in [-0.05, 0) is 58.2 Å². The molecule has 0 spiro atoms. The molecule has 2 aromatic carbocycles. The fourth-order valence-electron chi connectivity index (χ4n) is 3.73. The molecule has 1 aliphatic rings. The summed E-state index contributed by atoms with van der Waals surface area (Å²) in [6.45, 7) is 1.47. The normalized spacial score (nSPS) is 15.7. The van der Waals surface area contributed by atoms with E-state index in [9.17, 15) is 19.8 Å². The number of aromatic hydroxyl groups is 1. The van der Waals surface area contributed by atoms with Crippen molar-refractivity contribution in [3.05, 3.63) is 66.4 Å². The molecule has 30 heavy (non-hydrogen) atoms. The van der Waals surface area contributed by atoms with E-state index in [2.05, 4.69) is 15.9 Å². The summed E-state index contributed by atoms with van der Waals surface area (Å²) in [6.07, 6.45) is 0. The van der Waals surface area contributed by atoms with E-state index in [1.165, 1.54) is 18.1 Å². The number of aliphatic hydroxyl groups excluding tert-OH is 1. The molecule has 1 atom stereocenters. The van der Waals surface area contributed by atoms with Crippen LogP contribution >= 0.6 is 27.5 Å². The smallest absolute Gasteiger partial charge is 0.290 e. The molecule has 0 bridgehead atoms. The topological polar surface area (TPSA) is 100 Å². The van der Waals surface area contributed by atoms with E-state index < -0.39 is 11.9 Å². The number of hydrogen-bond acceptors (Lipinski definition) is 6. The number of carbonyl (C=O) groups excluding carboxylic acids is 1. The third-order valence-corrected chi connectivity index (χ3v) is 6.19. The lowest BCUT2D eigenvalue weighted by molar-refractivity contribution is 0.0691. The third-order valence-electron chi connectivity index (χ3n) is 5.17. The lowest BCUT2D eigenvalue weighted by Crippen LogP contribution is -2.32. The number of halogens is 2. The standard InChI is InChI=1S/C21H17BrClNO6/c1-9-5-14-11(8-13(9)23)18(26)16-17(24(3-4-25)21(28)20(16)30-14)10-6-12(22)19(27)15(7-10)29-2/h5-8,17,25,27H,3-4H2,1-2H3/t17-/m1/s1. The van der Waals surface area contributed by atoms with Gasteiger partial charge in [-0.2, -0.15) is 0 Å². The van der Waals surface area contributed by atoms with E-state index in [1.807, 2.05) is 0 Å². The maximum Gasteiger partial charge on any atom is 0.290 e. The number of benzene rings is 2. The first kappa shape index (κ1) is 20.7. The SMILES string of the molecule is COc1cc([C@@H]2c3c(oc4cc(C)c(Cl)cc4c3=O)C(=O)N2CCO)cc(Br)c1O. The molecule has 4 rings (SSSR count). The van der Waals surface area contributed by atoms with Crippen LogP contribution in [0.3, 0.4) is 0 Å². The molecule has 9 heteroatoms. The molecule has 7 nitrogen and oxygen atoms in total. The molecule has 3 aromatic rings. The first-order valence-electron chi connectivity index (χ1n) is 9.03. The highest BCUT2D eigenvalue weighted by Gasteiger charge is 2.43. The molecule has 0 aliphatic carbocycles. The largest absolute Gasteiger partial charge is 0.503 e. The summed E-state index contributed by atoms with van der Waals surface area (Å²) in [7, 11) is 1.40. The van der Waals surface area contributed by atoms with Gasteiger partial charge in [-0.25, -0.2) is 0 Å². The second kappa shape index (κ2) is 7.61. The van der Waals surface area contributed by atoms with Crippen molar-refractivity contribution >= 4 is 44.4 Å². The molecule has 0 unspecified atom stereocenters. The Morgan fingerprint density at radius 3 is 2.67 bits per heavy atom. The predicted molar refractivity (Wildman–Crippen MR) is 115 cm³/mol. The number of hydrogen-bond donors (Lipinski definition) is 2. The van der Waals surface area contributed by atoms with Crippen LogP contribution in [-0.2, 0) is 0 Å². The van der Waals surface area contributed by atoms with Gasteiger partial charge < -0.3 is 24.3 Å². The highest BCUT2D eigenvalue weighted by molar-refractivity contribution is 9.10. The number of nitrogens with zero attached hydrogens (tertiary/aromatic N) is 1. The van der Waals surface area contributed by atoms with Crippen LogP contribution in [0.5, 0.6) is 11.5 Å². The molecule has 2 heterocycles. The minimum absolute atomic E-state index is 0.00984. The zero-order valence-electron chi connectivity index (χ0n) is 16.0. The molecular formula is C21H17BrClNO6.